The van der Waals surface area contributed by atoms with Gasteiger partial charge in [-0.3, -0.25) is 0 Å². The molecule has 0 bridgehead atoms. The molecule has 19 heavy (non-hydrogen) atoms. The molecule has 3 N–H and O–H groups in total. The molecular formula is C13H15FN2O3. The fraction of sp³-hybridized carbons (Fsp3) is 0.385. The molecule has 0 heterocycles. The molecule has 0 aromatic heterocycles. The third kappa shape index (κ3) is 3.94. The summed E-state index contributed by atoms with van der Waals surface area (Å²) in [6, 6.07) is 2.87. The van der Waals surface area contributed by atoms with Crippen LogP contribution in [0.2, 0.25) is 0 Å². The highest BCUT2D eigenvalue weighted by Crippen LogP contribution is 2.31. The van der Waals surface area contributed by atoms with Crippen LogP contribution in [-0.4, -0.2) is 23.7 Å². The zero-order valence-corrected chi connectivity index (χ0v) is 10.3. The molecule has 2 amide bonds. The van der Waals surface area contributed by atoms with Gasteiger partial charge in [0.1, 0.15) is 5.82 Å². The molecule has 1 fully saturated rings. The third-order valence-corrected chi connectivity index (χ3v) is 3.00. The molecule has 2 rings (SSSR count). The van der Waals surface area contributed by atoms with E-state index < -0.39 is 17.8 Å². The first-order valence-corrected chi connectivity index (χ1v) is 6.14. The molecule has 1 saturated carbocycles. The second-order valence-corrected chi connectivity index (χ2v) is 4.61. The molecule has 0 atom stereocenters. The van der Waals surface area contributed by atoms with Crippen LogP contribution < -0.4 is 10.6 Å². The van der Waals surface area contributed by atoms with E-state index >= 15 is 0 Å². The predicted octanol–water partition coefficient (Wildman–Crippen LogP) is 2.45. The van der Waals surface area contributed by atoms with Crippen LogP contribution in [0, 0.1) is 11.7 Å². The van der Waals surface area contributed by atoms with E-state index in [0.29, 0.717) is 12.5 Å². The smallest absolute Gasteiger partial charge is 0.335 e. The number of carbonyl (C=O) groups excluding carboxylic acids is 1. The van der Waals surface area contributed by atoms with Crippen LogP contribution in [0.4, 0.5) is 14.9 Å². The van der Waals surface area contributed by atoms with Gasteiger partial charge in [-0.25, -0.2) is 14.0 Å². The first-order valence-electron chi connectivity index (χ1n) is 6.14. The van der Waals surface area contributed by atoms with E-state index in [-0.39, 0.29) is 11.3 Å². The second-order valence-electron chi connectivity index (χ2n) is 4.61. The lowest BCUT2D eigenvalue weighted by molar-refractivity contribution is 0.0696. The normalized spacial score (nSPS) is 13.9. The van der Waals surface area contributed by atoms with Crippen molar-refractivity contribution in [3.63, 3.8) is 0 Å². The Morgan fingerprint density at radius 3 is 2.68 bits per heavy atom. The van der Waals surface area contributed by atoms with Crippen molar-refractivity contribution in [3.8, 4) is 0 Å². The maximum absolute atomic E-state index is 13.5. The molecule has 6 heteroatoms. The molecule has 0 unspecified atom stereocenters. The van der Waals surface area contributed by atoms with Crippen LogP contribution in [0.5, 0.6) is 0 Å². The zero-order valence-electron chi connectivity index (χ0n) is 10.3. The number of halogens is 1. The summed E-state index contributed by atoms with van der Waals surface area (Å²) in [4.78, 5) is 22.1. The van der Waals surface area contributed by atoms with Crippen molar-refractivity contribution in [2.45, 2.75) is 19.3 Å². The lowest BCUT2D eigenvalue weighted by atomic mass is 10.2. The molecule has 102 valence electrons. The van der Waals surface area contributed by atoms with Crippen LogP contribution >= 0.6 is 0 Å². The number of carboxylic acids is 1. The summed E-state index contributed by atoms with van der Waals surface area (Å²) < 4.78 is 13.5. The number of hydrogen-bond acceptors (Lipinski definition) is 2. The molecule has 0 saturated heterocycles. The number of carboxylic acid groups (broad SMARTS) is 1. The second kappa shape index (κ2) is 5.69. The van der Waals surface area contributed by atoms with E-state index in [1.165, 1.54) is 25.0 Å². The van der Waals surface area contributed by atoms with Crippen LogP contribution in [0.15, 0.2) is 18.2 Å². The number of rotatable bonds is 5. The Bertz CT molecular complexity index is 501. The maximum atomic E-state index is 13.5. The summed E-state index contributed by atoms with van der Waals surface area (Å²) in [5.41, 5.74) is -0.189. The summed E-state index contributed by atoms with van der Waals surface area (Å²) >= 11 is 0. The highest BCUT2D eigenvalue weighted by atomic mass is 19.1. The Morgan fingerprint density at radius 1 is 1.37 bits per heavy atom. The van der Waals surface area contributed by atoms with Gasteiger partial charge in [-0.15, -0.1) is 0 Å². The van der Waals surface area contributed by atoms with E-state index in [2.05, 4.69) is 10.6 Å². The van der Waals surface area contributed by atoms with Gasteiger partial charge in [0.2, 0.25) is 0 Å². The quantitative estimate of drug-likeness (QED) is 0.766. The first kappa shape index (κ1) is 13.3. The Morgan fingerprint density at radius 2 is 2.11 bits per heavy atom. The molecule has 0 spiro atoms. The zero-order chi connectivity index (χ0) is 13.8. The SMILES string of the molecule is O=C(NCCC1CC1)Nc1ccc(C(=O)O)cc1F. The minimum atomic E-state index is -1.21. The van der Waals surface area contributed by atoms with E-state index in [0.717, 1.165) is 12.5 Å². The van der Waals surface area contributed by atoms with E-state index in [9.17, 15) is 14.0 Å². The van der Waals surface area contributed by atoms with Crippen molar-refractivity contribution >= 4 is 17.7 Å². The highest BCUT2D eigenvalue weighted by molar-refractivity contribution is 5.91. The van der Waals surface area contributed by atoms with Gasteiger partial charge in [-0.1, -0.05) is 12.8 Å². The highest BCUT2D eigenvalue weighted by Gasteiger charge is 2.20. The van der Waals surface area contributed by atoms with Gasteiger partial charge in [0, 0.05) is 6.54 Å². The number of aromatic carboxylic acids is 1. The fourth-order valence-corrected chi connectivity index (χ4v) is 1.71. The number of amides is 2. The topological polar surface area (TPSA) is 78.4 Å². The van der Waals surface area contributed by atoms with Gasteiger partial charge in [0.25, 0.3) is 0 Å². The summed E-state index contributed by atoms with van der Waals surface area (Å²) in [5, 5.41) is 13.7. The van der Waals surface area contributed by atoms with Gasteiger partial charge in [-0.2, -0.15) is 0 Å². The maximum Gasteiger partial charge on any atom is 0.335 e. The number of benzene rings is 1. The molecule has 1 aromatic carbocycles. The molecule has 1 aromatic rings. The average Bonchev–Trinajstić information content (AvgIpc) is 3.15. The van der Waals surface area contributed by atoms with Crippen molar-refractivity contribution in [1.29, 1.82) is 0 Å². The monoisotopic (exact) mass is 266 g/mol. The molecule has 0 radical (unpaired) electrons. The van der Waals surface area contributed by atoms with Gasteiger partial charge in [-0.05, 0) is 30.5 Å². The van der Waals surface area contributed by atoms with Gasteiger partial charge in [0.15, 0.2) is 0 Å². The van der Waals surface area contributed by atoms with Crippen LogP contribution in [0.3, 0.4) is 0 Å². The van der Waals surface area contributed by atoms with Gasteiger partial charge in [0.05, 0.1) is 11.3 Å². The predicted molar refractivity (Wildman–Crippen MR) is 67.7 cm³/mol. The number of hydrogen-bond donors (Lipinski definition) is 3. The largest absolute Gasteiger partial charge is 0.478 e. The lowest BCUT2D eigenvalue weighted by Crippen LogP contribution is -2.30. The van der Waals surface area contributed by atoms with Crippen molar-refractivity contribution < 1.29 is 19.1 Å². The Kier molecular flexibility index (Phi) is 3.99. The standard InChI is InChI=1S/C13H15FN2O3/c14-10-7-9(12(17)18)3-4-11(10)16-13(19)15-6-5-8-1-2-8/h3-4,7-8H,1-2,5-6H2,(H,17,18)(H2,15,16,19). The summed E-state index contributed by atoms with van der Waals surface area (Å²) in [6.07, 6.45) is 3.37. The molecule has 1 aliphatic carbocycles. The summed E-state index contributed by atoms with van der Waals surface area (Å²) in [6.45, 7) is 0.561. The Hall–Kier alpha value is -2.11. The van der Waals surface area contributed by atoms with Crippen molar-refractivity contribution in [3.05, 3.63) is 29.6 Å². The third-order valence-electron chi connectivity index (χ3n) is 3.00. The molecular weight excluding hydrogens is 251 g/mol. The molecule has 0 aliphatic heterocycles. The van der Waals surface area contributed by atoms with E-state index in [1.807, 2.05) is 0 Å². The van der Waals surface area contributed by atoms with Crippen LogP contribution in [-0.2, 0) is 0 Å². The number of anilines is 1. The van der Waals surface area contributed by atoms with Crippen LogP contribution in [0.1, 0.15) is 29.6 Å². The number of nitrogens with one attached hydrogen (secondary N) is 2. The van der Waals surface area contributed by atoms with E-state index in [1.54, 1.807) is 0 Å². The number of carbonyl (C=O) groups is 2. The average molecular weight is 266 g/mol. The summed E-state index contributed by atoms with van der Waals surface area (Å²) in [5.74, 6) is -1.26. The summed E-state index contributed by atoms with van der Waals surface area (Å²) in [7, 11) is 0. The minimum Gasteiger partial charge on any atom is -0.478 e. The Labute approximate surface area is 109 Å². The molecule has 5 nitrogen and oxygen atoms in total. The fourth-order valence-electron chi connectivity index (χ4n) is 1.71. The van der Waals surface area contributed by atoms with Gasteiger partial charge < -0.3 is 15.7 Å². The van der Waals surface area contributed by atoms with Crippen LogP contribution in [0.25, 0.3) is 0 Å². The minimum absolute atomic E-state index is 0.0334. The van der Waals surface area contributed by atoms with Crippen molar-refractivity contribution in [1.82, 2.24) is 5.32 Å². The Balaban J connectivity index is 1.86. The first-order chi connectivity index (χ1) is 9.06. The number of urea groups is 1. The lowest BCUT2D eigenvalue weighted by Gasteiger charge is -2.08. The van der Waals surface area contributed by atoms with Crippen molar-refractivity contribution in [2.24, 2.45) is 5.92 Å². The van der Waals surface area contributed by atoms with Crippen molar-refractivity contribution in [2.75, 3.05) is 11.9 Å². The molecule has 1 aliphatic rings. The van der Waals surface area contributed by atoms with E-state index in [4.69, 9.17) is 5.11 Å². The van der Waals surface area contributed by atoms with Gasteiger partial charge >= 0.3 is 12.0 Å².